The number of hydrogen-bond donors (Lipinski definition) is 5. The number of phenols is 1. The molecular weight excluding hydrogens is 492 g/mol. The number of aromatic hydroxyl groups is 1. The van der Waals surface area contributed by atoms with E-state index >= 15 is 0 Å². The highest BCUT2D eigenvalue weighted by Gasteiger charge is 2.55. The standard InChI is InChI=1S/C27H34N4O7/c1-10-6-13-7-15-27(36)31-16(20(30-15)18(13)22(33)24(10)37-4)8-14-19(17(31)9-29-26(35)12(3)28)23(34)25(38-5)11(2)21(14)32/h6,12,15-17,20,27,30,33,36H,7-9,28H2,1-5H3,(H,29,35)/t12-,15+,16-,17-,20+,27-/m0/s1. The number of piperazine rings is 1. The Morgan fingerprint density at radius 2 is 1.95 bits per heavy atom. The maximum absolute atomic E-state index is 13.6. The summed E-state index contributed by atoms with van der Waals surface area (Å²) in [6, 6.07) is -1.05. The van der Waals surface area contributed by atoms with Gasteiger partial charge in [-0.1, -0.05) is 6.07 Å². The first-order valence-electron chi connectivity index (χ1n) is 12.7. The van der Waals surface area contributed by atoms with Gasteiger partial charge in [-0.3, -0.25) is 19.3 Å². The zero-order chi connectivity index (χ0) is 27.6. The van der Waals surface area contributed by atoms with Gasteiger partial charge in [0, 0.05) is 34.9 Å². The van der Waals surface area contributed by atoms with Crippen molar-refractivity contribution in [1.29, 1.82) is 0 Å². The molecule has 2 bridgehead atoms. The van der Waals surface area contributed by atoms with E-state index in [-0.39, 0.29) is 41.4 Å². The van der Waals surface area contributed by atoms with E-state index in [4.69, 9.17) is 15.2 Å². The van der Waals surface area contributed by atoms with E-state index in [0.29, 0.717) is 23.3 Å². The highest BCUT2D eigenvalue weighted by atomic mass is 16.5. The van der Waals surface area contributed by atoms with E-state index in [9.17, 15) is 24.6 Å². The number of nitrogens with two attached hydrogens (primary N) is 1. The van der Waals surface area contributed by atoms with Crippen molar-refractivity contribution in [1.82, 2.24) is 15.5 Å². The van der Waals surface area contributed by atoms with Gasteiger partial charge in [0.2, 0.25) is 11.7 Å². The number of amides is 1. The van der Waals surface area contributed by atoms with Crippen LogP contribution in [0.2, 0.25) is 0 Å². The van der Waals surface area contributed by atoms with Gasteiger partial charge in [0.25, 0.3) is 0 Å². The van der Waals surface area contributed by atoms with Crippen LogP contribution in [0.4, 0.5) is 0 Å². The molecule has 1 aromatic rings. The zero-order valence-electron chi connectivity index (χ0n) is 22.1. The number of aryl methyl sites for hydroxylation is 1. The Bertz CT molecular complexity index is 1300. The number of benzene rings is 1. The topological polar surface area (TPSA) is 163 Å². The number of nitrogens with zero attached hydrogens (tertiary/aromatic N) is 1. The molecule has 0 saturated carbocycles. The molecule has 5 rings (SSSR count). The van der Waals surface area contributed by atoms with Crippen molar-refractivity contribution in [2.45, 2.75) is 70.0 Å². The minimum absolute atomic E-state index is 0.0140. The number of fused-ring (bicyclic) bond motifs is 6. The van der Waals surface area contributed by atoms with Gasteiger partial charge in [0.15, 0.2) is 23.0 Å². The molecule has 1 fully saturated rings. The number of rotatable bonds is 5. The van der Waals surface area contributed by atoms with E-state index in [0.717, 1.165) is 11.1 Å². The highest BCUT2D eigenvalue weighted by Crippen LogP contribution is 2.50. The Kier molecular flexibility index (Phi) is 6.59. The molecule has 4 aliphatic rings. The van der Waals surface area contributed by atoms with Crippen molar-refractivity contribution in [3.63, 3.8) is 0 Å². The fourth-order valence-electron chi connectivity index (χ4n) is 6.57. The van der Waals surface area contributed by atoms with Crippen LogP contribution in [-0.4, -0.2) is 83.7 Å². The van der Waals surface area contributed by atoms with Crippen LogP contribution < -0.4 is 21.1 Å². The molecule has 38 heavy (non-hydrogen) atoms. The minimum Gasteiger partial charge on any atom is -0.504 e. The van der Waals surface area contributed by atoms with Gasteiger partial charge < -0.3 is 36.1 Å². The molecule has 11 nitrogen and oxygen atoms in total. The van der Waals surface area contributed by atoms with Crippen LogP contribution in [0.25, 0.3) is 0 Å². The van der Waals surface area contributed by atoms with Crippen molar-refractivity contribution in [3.05, 3.63) is 45.2 Å². The third-order valence-electron chi connectivity index (χ3n) is 8.27. The molecule has 0 aromatic heterocycles. The lowest BCUT2D eigenvalue weighted by molar-refractivity contribution is -0.133. The molecule has 3 aliphatic heterocycles. The summed E-state index contributed by atoms with van der Waals surface area (Å²) in [7, 11) is 2.83. The molecule has 204 valence electrons. The Hall–Kier alpha value is -3.25. The third kappa shape index (κ3) is 3.76. The SMILES string of the molecule is COC1=C(C)C(=O)C2=C(C1=O)[C@H](CNC(=O)[C@H](C)N)N1[C@@H](O)[C@H]3Cc4cc(C)c(OC)c(O)c4[C@H](N3)[C@@H]1C2. The van der Waals surface area contributed by atoms with Crippen LogP contribution in [-0.2, 0) is 25.5 Å². The molecule has 0 unspecified atom stereocenters. The maximum atomic E-state index is 13.6. The number of nitrogens with one attached hydrogen (secondary N) is 2. The number of allylic oxidation sites excluding steroid dienone is 2. The van der Waals surface area contributed by atoms with Crippen LogP contribution in [0.3, 0.4) is 0 Å². The van der Waals surface area contributed by atoms with Gasteiger partial charge in [-0.05, 0) is 44.7 Å². The summed E-state index contributed by atoms with van der Waals surface area (Å²) in [6.45, 7) is 4.91. The van der Waals surface area contributed by atoms with Crippen molar-refractivity contribution in [2.75, 3.05) is 20.8 Å². The molecule has 1 aliphatic carbocycles. The normalized spacial score (nSPS) is 29.4. The number of phenolic OH excluding ortho intramolecular Hbond substituents is 1. The first-order valence-corrected chi connectivity index (χ1v) is 12.7. The summed E-state index contributed by atoms with van der Waals surface area (Å²) in [6.07, 6.45) is -0.460. The predicted molar refractivity (Wildman–Crippen MR) is 136 cm³/mol. The minimum atomic E-state index is -1.04. The number of carbonyl (C=O) groups is 3. The highest BCUT2D eigenvalue weighted by molar-refractivity contribution is 6.25. The Morgan fingerprint density at radius 3 is 2.58 bits per heavy atom. The van der Waals surface area contributed by atoms with Gasteiger partial charge in [-0.2, -0.15) is 0 Å². The van der Waals surface area contributed by atoms with E-state index in [1.165, 1.54) is 14.2 Å². The number of aliphatic hydroxyl groups excluding tert-OH is 1. The largest absolute Gasteiger partial charge is 0.504 e. The molecule has 1 saturated heterocycles. The third-order valence-corrected chi connectivity index (χ3v) is 8.27. The van der Waals surface area contributed by atoms with Crippen LogP contribution in [0, 0.1) is 6.92 Å². The fraction of sp³-hybridized carbons (Fsp3) is 0.519. The lowest BCUT2D eigenvalue weighted by Gasteiger charge is -2.57. The zero-order valence-corrected chi connectivity index (χ0v) is 22.1. The van der Waals surface area contributed by atoms with E-state index in [1.54, 1.807) is 18.7 Å². The summed E-state index contributed by atoms with van der Waals surface area (Å²) in [5, 5.41) is 29.1. The Labute approximate surface area is 220 Å². The number of carbonyl (C=O) groups excluding carboxylic acids is 3. The summed E-state index contributed by atoms with van der Waals surface area (Å²) in [5.41, 5.74) is 8.82. The first-order chi connectivity index (χ1) is 18.0. The second-order valence-corrected chi connectivity index (χ2v) is 10.5. The van der Waals surface area contributed by atoms with Crippen molar-refractivity contribution >= 4 is 17.5 Å². The monoisotopic (exact) mass is 526 g/mol. The second-order valence-electron chi connectivity index (χ2n) is 10.5. The van der Waals surface area contributed by atoms with Crippen LogP contribution in [0.1, 0.15) is 43.0 Å². The quantitative estimate of drug-likeness (QED) is 0.327. The number of hydrogen-bond acceptors (Lipinski definition) is 10. The Balaban J connectivity index is 1.66. The van der Waals surface area contributed by atoms with E-state index < -0.39 is 48.1 Å². The van der Waals surface area contributed by atoms with Gasteiger partial charge in [-0.25, -0.2) is 0 Å². The summed E-state index contributed by atoms with van der Waals surface area (Å²) in [4.78, 5) is 41.4. The molecular formula is C27H34N4O7. The average molecular weight is 527 g/mol. The summed E-state index contributed by atoms with van der Waals surface area (Å²) >= 11 is 0. The lowest BCUT2D eigenvalue weighted by Crippen LogP contribution is -2.71. The summed E-state index contributed by atoms with van der Waals surface area (Å²) in [5.74, 6) is -0.822. The van der Waals surface area contributed by atoms with E-state index in [1.807, 2.05) is 13.0 Å². The summed E-state index contributed by atoms with van der Waals surface area (Å²) < 4.78 is 10.8. The van der Waals surface area contributed by atoms with Crippen LogP contribution >= 0.6 is 0 Å². The smallest absolute Gasteiger partial charge is 0.236 e. The number of methoxy groups -OCH3 is 2. The van der Waals surface area contributed by atoms with Gasteiger partial charge in [0.05, 0.1) is 38.4 Å². The molecule has 1 aromatic carbocycles. The molecule has 0 spiro atoms. The van der Waals surface area contributed by atoms with Crippen LogP contribution in [0.5, 0.6) is 11.5 Å². The Morgan fingerprint density at radius 1 is 1.24 bits per heavy atom. The van der Waals surface area contributed by atoms with Gasteiger partial charge >= 0.3 is 0 Å². The number of Topliss-reactive ketones (excluding diaryl/α,β-unsaturated/α-hetero) is 2. The predicted octanol–water partition coefficient (Wildman–Crippen LogP) is -0.128. The number of ketones is 2. The second kappa shape index (κ2) is 9.49. The van der Waals surface area contributed by atoms with Gasteiger partial charge in [-0.15, -0.1) is 0 Å². The van der Waals surface area contributed by atoms with Crippen molar-refractivity contribution in [3.8, 4) is 11.5 Å². The molecule has 3 heterocycles. The number of ether oxygens (including phenoxy) is 2. The molecule has 6 N–H and O–H groups in total. The average Bonchev–Trinajstić information content (AvgIpc) is 2.88. The lowest BCUT2D eigenvalue weighted by atomic mass is 9.71. The van der Waals surface area contributed by atoms with Crippen LogP contribution in [0.15, 0.2) is 28.5 Å². The first kappa shape index (κ1) is 26.4. The van der Waals surface area contributed by atoms with Gasteiger partial charge in [0.1, 0.15) is 6.23 Å². The fourth-order valence-corrected chi connectivity index (χ4v) is 6.57. The molecule has 0 radical (unpaired) electrons. The van der Waals surface area contributed by atoms with Crippen molar-refractivity contribution < 1.29 is 34.1 Å². The molecule has 11 heteroatoms. The molecule has 1 amide bonds. The van der Waals surface area contributed by atoms with Crippen molar-refractivity contribution in [2.24, 2.45) is 5.73 Å². The van der Waals surface area contributed by atoms with E-state index in [2.05, 4.69) is 10.6 Å². The molecule has 6 atom stereocenters. The maximum Gasteiger partial charge on any atom is 0.236 e. The number of aliphatic hydroxyl groups is 1.